The summed E-state index contributed by atoms with van der Waals surface area (Å²) in [4.78, 5) is 0. The summed E-state index contributed by atoms with van der Waals surface area (Å²) in [6.45, 7) is 2.92. The number of nitrogens with zero attached hydrogens (tertiary/aromatic N) is 1. The van der Waals surface area contributed by atoms with Gasteiger partial charge in [0.1, 0.15) is 0 Å². The number of hydrogen-bond donors (Lipinski definition) is 1. The zero-order valence-corrected chi connectivity index (χ0v) is 4.72. The minimum atomic E-state index is 0.156. The zero-order chi connectivity index (χ0) is 5.82. The molecule has 43 valence electrons. The summed E-state index contributed by atoms with van der Waals surface area (Å²) < 4.78 is 0. The van der Waals surface area contributed by atoms with Gasteiger partial charge in [-0.25, -0.2) is 0 Å². The van der Waals surface area contributed by atoms with Crippen LogP contribution in [-0.4, -0.2) is 6.54 Å². The Morgan fingerprint density at radius 2 is 2.62 bits per heavy atom. The van der Waals surface area contributed by atoms with E-state index in [-0.39, 0.29) is 5.92 Å². The first-order chi connectivity index (χ1) is 3.93. The molecule has 1 aliphatic heterocycles. The molecule has 1 N–H and O–H groups in total. The van der Waals surface area contributed by atoms with Crippen LogP contribution < -0.4 is 5.32 Å². The van der Waals surface area contributed by atoms with Crippen LogP contribution >= 0.6 is 0 Å². The second-order valence-corrected chi connectivity index (χ2v) is 2.00. The average molecular weight is 109 g/mol. The van der Waals surface area contributed by atoms with Gasteiger partial charge in [-0.3, -0.25) is 0 Å². The molecule has 0 aromatic heterocycles. The first-order valence-corrected chi connectivity index (χ1v) is 2.90. The van der Waals surface area contributed by atoms with Crippen LogP contribution in [0.5, 0.6) is 0 Å². The van der Waals surface area contributed by atoms with E-state index >= 15 is 0 Å². The number of piperidine rings is 1. The molecule has 1 radical (unpaired) electrons. The van der Waals surface area contributed by atoms with Gasteiger partial charge >= 0.3 is 0 Å². The second-order valence-electron chi connectivity index (χ2n) is 2.00. The van der Waals surface area contributed by atoms with Crippen molar-refractivity contribution in [3.63, 3.8) is 0 Å². The van der Waals surface area contributed by atoms with Gasteiger partial charge < -0.3 is 5.32 Å². The topological polar surface area (TPSA) is 35.8 Å². The van der Waals surface area contributed by atoms with E-state index in [1.165, 1.54) is 0 Å². The van der Waals surface area contributed by atoms with Crippen molar-refractivity contribution in [2.24, 2.45) is 5.92 Å². The lowest BCUT2D eigenvalue weighted by Gasteiger charge is -2.14. The minimum absolute atomic E-state index is 0.156. The molecule has 2 nitrogen and oxygen atoms in total. The van der Waals surface area contributed by atoms with E-state index in [2.05, 4.69) is 11.4 Å². The molecule has 0 aromatic carbocycles. The van der Waals surface area contributed by atoms with Crippen LogP contribution in [0.4, 0.5) is 0 Å². The molecule has 0 bridgehead atoms. The van der Waals surface area contributed by atoms with Gasteiger partial charge in [0.25, 0.3) is 0 Å². The Morgan fingerprint density at radius 3 is 3.00 bits per heavy atom. The molecule has 1 heterocycles. The van der Waals surface area contributed by atoms with Gasteiger partial charge in [-0.2, -0.15) is 5.26 Å². The molecule has 0 saturated carbocycles. The number of nitrogens with one attached hydrogen (secondary N) is 1. The molecule has 8 heavy (non-hydrogen) atoms. The molecule has 0 spiro atoms. The van der Waals surface area contributed by atoms with Gasteiger partial charge in [0.2, 0.25) is 0 Å². The Labute approximate surface area is 49.5 Å². The minimum Gasteiger partial charge on any atom is -0.311 e. The Hall–Kier alpha value is -0.550. The van der Waals surface area contributed by atoms with Crippen LogP contribution in [0.25, 0.3) is 0 Å². The van der Waals surface area contributed by atoms with Crippen LogP contribution in [0.1, 0.15) is 12.8 Å². The molecule has 1 unspecified atom stereocenters. The van der Waals surface area contributed by atoms with Crippen molar-refractivity contribution in [1.82, 2.24) is 5.32 Å². The van der Waals surface area contributed by atoms with Crippen molar-refractivity contribution in [2.75, 3.05) is 6.54 Å². The van der Waals surface area contributed by atoms with E-state index in [1.54, 1.807) is 0 Å². The highest BCUT2D eigenvalue weighted by Crippen LogP contribution is 2.10. The summed E-state index contributed by atoms with van der Waals surface area (Å²) in [6.07, 6.45) is 2.16. The van der Waals surface area contributed by atoms with E-state index in [1.807, 2.05) is 6.54 Å². The first kappa shape index (κ1) is 5.58. The molecular weight excluding hydrogens is 100 g/mol. The summed E-state index contributed by atoms with van der Waals surface area (Å²) in [5.74, 6) is 0.156. The molecule has 0 amide bonds. The smallest absolute Gasteiger partial charge is 0.0672 e. The average Bonchev–Trinajstić information content (AvgIpc) is 1.90. The van der Waals surface area contributed by atoms with Crippen molar-refractivity contribution in [2.45, 2.75) is 12.8 Å². The molecule has 0 aliphatic carbocycles. The van der Waals surface area contributed by atoms with Crippen LogP contribution in [-0.2, 0) is 0 Å². The van der Waals surface area contributed by atoms with E-state index in [9.17, 15) is 0 Å². The Bertz CT molecular complexity index is 97.6. The van der Waals surface area contributed by atoms with Gasteiger partial charge in [-0.15, -0.1) is 0 Å². The predicted octanol–water partition coefficient (Wildman–Crippen LogP) is 0.671. The van der Waals surface area contributed by atoms with E-state index < -0.39 is 0 Å². The van der Waals surface area contributed by atoms with Gasteiger partial charge in [0, 0.05) is 6.54 Å². The largest absolute Gasteiger partial charge is 0.311 e. The van der Waals surface area contributed by atoms with E-state index in [4.69, 9.17) is 5.26 Å². The first-order valence-electron chi connectivity index (χ1n) is 2.90. The summed E-state index contributed by atoms with van der Waals surface area (Å²) in [7, 11) is 0. The Balaban J connectivity index is 2.25. The van der Waals surface area contributed by atoms with Crippen LogP contribution in [0.2, 0.25) is 0 Å². The van der Waals surface area contributed by atoms with Crippen molar-refractivity contribution in [1.29, 1.82) is 5.26 Å². The fourth-order valence-electron chi connectivity index (χ4n) is 0.835. The molecule has 1 fully saturated rings. The lowest BCUT2D eigenvalue weighted by Crippen LogP contribution is -2.23. The summed E-state index contributed by atoms with van der Waals surface area (Å²) in [5.41, 5.74) is 0. The number of nitriles is 1. The Morgan fingerprint density at radius 1 is 1.75 bits per heavy atom. The van der Waals surface area contributed by atoms with Gasteiger partial charge in [0.15, 0.2) is 0 Å². The molecule has 1 rings (SSSR count). The number of hydrogen-bond acceptors (Lipinski definition) is 2. The van der Waals surface area contributed by atoms with Gasteiger partial charge in [0.05, 0.1) is 12.0 Å². The molecule has 0 aromatic rings. The summed E-state index contributed by atoms with van der Waals surface area (Å²) in [5, 5.41) is 11.4. The Kier molecular flexibility index (Phi) is 1.87. The maximum Gasteiger partial charge on any atom is 0.0672 e. The molecule has 1 saturated heterocycles. The fourth-order valence-corrected chi connectivity index (χ4v) is 0.835. The third kappa shape index (κ3) is 1.21. The van der Waals surface area contributed by atoms with Crippen molar-refractivity contribution in [3.8, 4) is 6.07 Å². The normalized spacial score (nSPS) is 29.1. The summed E-state index contributed by atoms with van der Waals surface area (Å²) in [6, 6.07) is 2.19. The van der Waals surface area contributed by atoms with Crippen LogP contribution in [0.3, 0.4) is 0 Å². The zero-order valence-electron chi connectivity index (χ0n) is 4.72. The third-order valence-corrected chi connectivity index (χ3v) is 1.32. The monoisotopic (exact) mass is 109 g/mol. The lowest BCUT2D eigenvalue weighted by atomic mass is 10.0. The van der Waals surface area contributed by atoms with Gasteiger partial charge in [-0.1, -0.05) is 0 Å². The second kappa shape index (κ2) is 2.68. The predicted molar refractivity (Wildman–Crippen MR) is 30.6 cm³/mol. The van der Waals surface area contributed by atoms with Crippen molar-refractivity contribution >= 4 is 0 Å². The third-order valence-electron chi connectivity index (χ3n) is 1.32. The highest BCUT2D eigenvalue weighted by atomic mass is 14.9. The molecule has 2 heteroatoms. The van der Waals surface area contributed by atoms with Crippen molar-refractivity contribution < 1.29 is 0 Å². The van der Waals surface area contributed by atoms with Crippen LogP contribution in [0, 0.1) is 23.8 Å². The molecular formula is C6H9N2. The van der Waals surface area contributed by atoms with Gasteiger partial charge in [-0.05, 0) is 19.4 Å². The molecule has 1 aliphatic rings. The maximum atomic E-state index is 8.37. The SMILES string of the molecule is N#CC1[CH]NCCC1. The van der Waals surface area contributed by atoms with Crippen molar-refractivity contribution in [3.05, 3.63) is 6.54 Å². The number of rotatable bonds is 0. The fraction of sp³-hybridized carbons (Fsp3) is 0.667. The van der Waals surface area contributed by atoms with Crippen LogP contribution in [0.15, 0.2) is 0 Å². The molecule has 1 atom stereocenters. The lowest BCUT2D eigenvalue weighted by molar-refractivity contribution is 0.507. The van der Waals surface area contributed by atoms with E-state index in [0.717, 1.165) is 19.4 Å². The highest BCUT2D eigenvalue weighted by molar-refractivity contribution is 4.94. The summed E-state index contributed by atoms with van der Waals surface area (Å²) >= 11 is 0. The maximum absolute atomic E-state index is 8.37. The van der Waals surface area contributed by atoms with E-state index in [0.29, 0.717) is 0 Å². The standard InChI is InChI=1S/C6H9N2/c7-4-6-2-1-3-8-5-6/h5-6,8H,1-3H2. The quantitative estimate of drug-likeness (QED) is 0.496. The highest BCUT2D eigenvalue weighted by Gasteiger charge is 2.10.